The monoisotopic (exact) mass is 699 g/mol. The molecule has 0 radical (unpaired) electrons. The highest BCUT2D eigenvalue weighted by Gasteiger charge is 2.14. The molecule has 0 bridgehead atoms. The van der Waals surface area contributed by atoms with Crippen LogP contribution in [-0.2, 0) is 14.3 Å². The number of carboxylic acid groups (broad SMARTS) is 1. The van der Waals surface area contributed by atoms with Crippen molar-refractivity contribution in [3.05, 3.63) is 48.6 Å². The highest BCUT2D eigenvalue weighted by Crippen LogP contribution is 2.19. The molecule has 0 spiro atoms. The van der Waals surface area contributed by atoms with Crippen molar-refractivity contribution < 1.29 is 19.4 Å². The van der Waals surface area contributed by atoms with Crippen LogP contribution < -0.4 is 0 Å². The molecule has 0 amide bonds. The average Bonchev–Trinajstić information content (AvgIpc) is 3.10. The van der Waals surface area contributed by atoms with E-state index in [1.807, 2.05) is 0 Å². The molecule has 0 heterocycles. The third-order valence-electron chi connectivity index (χ3n) is 9.55. The van der Waals surface area contributed by atoms with Crippen LogP contribution in [-0.4, -0.2) is 23.1 Å². The van der Waals surface area contributed by atoms with Crippen molar-refractivity contribution in [2.24, 2.45) is 0 Å². The smallest absolute Gasteiger partial charge is 0.306 e. The van der Waals surface area contributed by atoms with Gasteiger partial charge in [0.1, 0.15) is 6.10 Å². The Kier molecular flexibility index (Phi) is 39.6. The number of unbranched alkanes of at least 4 members (excludes halogenated alkanes) is 22. The summed E-state index contributed by atoms with van der Waals surface area (Å²) < 4.78 is 6.01. The lowest BCUT2D eigenvalue weighted by Crippen LogP contribution is -2.18. The minimum atomic E-state index is -0.704. The van der Waals surface area contributed by atoms with Crippen LogP contribution >= 0.6 is 0 Å². The van der Waals surface area contributed by atoms with Gasteiger partial charge in [-0.1, -0.05) is 178 Å². The van der Waals surface area contributed by atoms with Crippen molar-refractivity contribution in [1.29, 1.82) is 0 Å². The van der Waals surface area contributed by atoms with Crippen molar-refractivity contribution >= 4 is 11.9 Å². The topological polar surface area (TPSA) is 63.6 Å². The number of allylic oxidation sites excluding steroid dienone is 8. The molecule has 0 rings (SSSR count). The second-order valence-electron chi connectivity index (χ2n) is 14.5. The normalized spacial score (nSPS) is 12.7. The number of aliphatic carboxylic acids is 1. The van der Waals surface area contributed by atoms with Crippen LogP contribution in [0.1, 0.15) is 226 Å². The third kappa shape index (κ3) is 40.3. The first-order valence-electron chi connectivity index (χ1n) is 21.6. The standard InChI is InChI=1S/C46H82O4/c1-3-5-7-9-11-13-15-17-18-19-20-21-22-24-26-28-30-35-39-43-46(49)50-44(41-37-33-31-34-38-42-45(47)48)40-36-32-29-27-25-23-16-14-12-10-8-6-4-2/h11,13,17-18,20-21,24,26,44H,3-10,12,14-16,19,22-23,25,27-43H2,1-2H3,(H,47,48)/b13-11-,18-17-,21-20-,26-24-. The Morgan fingerprint density at radius 3 is 1.24 bits per heavy atom. The van der Waals surface area contributed by atoms with Gasteiger partial charge < -0.3 is 9.84 Å². The maximum atomic E-state index is 12.7. The number of hydrogen-bond acceptors (Lipinski definition) is 3. The maximum Gasteiger partial charge on any atom is 0.306 e. The summed E-state index contributed by atoms with van der Waals surface area (Å²) in [6.07, 6.45) is 55.6. The molecular formula is C46H82O4. The van der Waals surface area contributed by atoms with Gasteiger partial charge >= 0.3 is 11.9 Å². The van der Waals surface area contributed by atoms with E-state index in [9.17, 15) is 9.59 Å². The lowest BCUT2D eigenvalue weighted by molar-refractivity contribution is -0.150. The molecule has 1 unspecified atom stereocenters. The highest BCUT2D eigenvalue weighted by molar-refractivity contribution is 5.69. The number of carbonyl (C=O) groups is 2. The quantitative estimate of drug-likeness (QED) is 0.0394. The second-order valence-corrected chi connectivity index (χ2v) is 14.5. The van der Waals surface area contributed by atoms with Gasteiger partial charge in [0.25, 0.3) is 0 Å². The Morgan fingerprint density at radius 2 is 0.780 bits per heavy atom. The summed E-state index contributed by atoms with van der Waals surface area (Å²) in [7, 11) is 0. The van der Waals surface area contributed by atoms with E-state index in [0.29, 0.717) is 6.42 Å². The number of rotatable bonds is 39. The molecule has 0 saturated heterocycles. The van der Waals surface area contributed by atoms with Gasteiger partial charge in [0.2, 0.25) is 0 Å². The lowest BCUT2D eigenvalue weighted by atomic mass is 10.0. The number of carboxylic acids is 1. The fourth-order valence-electron chi connectivity index (χ4n) is 6.34. The molecule has 0 aliphatic heterocycles. The van der Waals surface area contributed by atoms with Gasteiger partial charge in [-0.2, -0.15) is 0 Å². The van der Waals surface area contributed by atoms with Crippen molar-refractivity contribution in [2.75, 3.05) is 0 Å². The van der Waals surface area contributed by atoms with Crippen LogP contribution in [0.3, 0.4) is 0 Å². The largest absolute Gasteiger partial charge is 0.481 e. The summed E-state index contributed by atoms with van der Waals surface area (Å²) in [6, 6.07) is 0. The molecule has 1 atom stereocenters. The molecule has 50 heavy (non-hydrogen) atoms. The van der Waals surface area contributed by atoms with E-state index >= 15 is 0 Å². The van der Waals surface area contributed by atoms with Crippen molar-refractivity contribution in [3.8, 4) is 0 Å². The molecule has 0 aromatic carbocycles. The van der Waals surface area contributed by atoms with E-state index in [1.54, 1.807) is 0 Å². The van der Waals surface area contributed by atoms with Crippen LogP contribution in [0.4, 0.5) is 0 Å². The van der Waals surface area contributed by atoms with E-state index < -0.39 is 5.97 Å². The van der Waals surface area contributed by atoms with Crippen LogP contribution in [0.2, 0.25) is 0 Å². The van der Waals surface area contributed by atoms with E-state index in [2.05, 4.69) is 62.5 Å². The maximum absolute atomic E-state index is 12.7. The third-order valence-corrected chi connectivity index (χ3v) is 9.55. The molecule has 4 nitrogen and oxygen atoms in total. The number of hydrogen-bond donors (Lipinski definition) is 1. The van der Waals surface area contributed by atoms with Gasteiger partial charge in [0, 0.05) is 12.8 Å². The van der Waals surface area contributed by atoms with Gasteiger partial charge in [-0.15, -0.1) is 0 Å². The van der Waals surface area contributed by atoms with Crippen LogP contribution in [0.15, 0.2) is 48.6 Å². The first kappa shape index (κ1) is 47.9. The van der Waals surface area contributed by atoms with E-state index in [4.69, 9.17) is 9.84 Å². The predicted octanol–water partition coefficient (Wildman–Crippen LogP) is 15.1. The summed E-state index contributed by atoms with van der Waals surface area (Å²) in [4.78, 5) is 23.4. The minimum absolute atomic E-state index is 0.0242. The predicted molar refractivity (Wildman–Crippen MR) is 218 cm³/mol. The summed E-state index contributed by atoms with van der Waals surface area (Å²) in [5, 5.41) is 8.84. The van der Waals surface area contributed by atoms with Gasteiger partial charge in [0.15, 0.2) is 0 Å². The minimum Gasteiger partial charge on any atom is -0.481 e. The SMILES string of the molecule is CCCCC/C=C\C/C=C\C/C=C\C/C=C\CCCCCC(=O)OC(CCCCCCCCCCCCCCC)CCCCCCCC(=O)O. The van der Waals surface area contributed by atoms with E-state index in [-0.39, 0.29) is 18.5 Å². The van der Waals surface area contributed by atoms with E-state index in [0.717, 1.165) is 96.3 Å². The zero-order valence-electron chi connectivity index (χ0n) is 33.2. The molecule has 0 aliphatic carbocycles. The molecule has 290 valence electrons. The first-order chi connectivity index (χ1) is 24.6. The van der Waals surface area contributed by atoms with Crippen molar-refractivity contribution in [3.63, 3.8) is 0 Å². The molecule has 0 aliphatic rings. The van der Waals surface area contributed by atoms with Crippen molar-refractivity contribution in [1.82, 2.24) is 0 Å². The fourth-order valence-corrected chi connectivity index (χ4v) is 6.34. The van der Waals surface area contributed by atoms with Gasteiger partial charge in [-0.3, -0.25) is 9.59 Å². The molecule has 1 N–H and O–H groups in total. The zero-order chi connectivity index (χ0) is 36.4. The molecule has 0 aromatic rings. The lowest BCUT2D eigenvalue weighted by Gasteiger charge is -2.18. The summed E-state index contributed by atoms with van der Waals surface area (Å²) in [5.74, 6) is -0.728. The molecule has 0 fully saturated rings. The van der Waals surface area contributed by atoms with E-state index in [1.165, 1.54) is 103 Å². The Hall–Kier alpha value is -2.10. The highest BCUT2D eigenvalue weighted by atomic mass is 16.5. The molecule has 0 aromatic heterocycles. The van der Waals surface area contributed by atoms with Crippen LogP contribution in [0.25, 0.3) is 0 Å². The molecule has 0 saturated carbocycles. The Labute approximate surface area is 311 Å². The summed E-state index contributed by atoms with van der Waals surface area (Å²) >= 11 is 0. The van der Waals surface area contributed by atoms with Crippen molar-refractivity contribution in [2.45, 2.75) is 232 Å². The Morgan fingerprint density at radius 1 is 0.440 bits per heavy atom. The van der Waals surface area contributed by atoms with Crippen LogP contribution in [0, 0.1) is 0 Å². The van der Waals surface area contributed by atoms with Gasteiger partial charge in [0.05, 0.1) is 0 Å². The molecule has 4 heteroatoms. The number of carbonyl (C=O) groups excluding carboxylic acids is 1. The average molecular weight is 699 g/mol. The summed E-state index contributed by atoms with van der Waals surface area (Å²) in [6.45, 7) is 4.53. The number of esters is 1. The fraction of sp³-hybridized carbons (Fsp3) is 0.783. The number of ether oxygens (including phenoxy) is 1. The molecular weight excluding hydrogens is 617 g/mol. The van der Waals surface area contributed by atoms with Crippen LogP contribution in [0.5, 0.6) is 0 Å². The zero-order valence-corrected chi connectivity index (χ0v) is 33.2. The second kappa shape index (κ2) is 41.3. The summed E-state index contributed by atoms with van der Waals surface area (Å²) in [5.41, 5.74) is 0. The Bertz CT molecular complexity index is 839. The van der Waals surface area contributed by atoms with Gasteiger partial charge in [-0.25, -0.2) is 0 Å². The van der Waals surface area contributed by atoms with Gasteiger partial charge in [-0.05, 0) is 83.5 Å². The first-order valence-corrected chi connectivity index (χ1v) is 21.6. The Balaban J connectivity index is 4.08.